The van der Waals surface area contributed by atoms with Crippen molar-refractivity contribution in [3.8, 4) is 0 Å². The number of carbonyl (C=O) groups is 1. The molecule has 76 valence electrons. The van der Waals surface area contributed by atoms with Crippen molar-refractivity contribution in [1.82, 2.24) is 4.90 Å². The Kier molecular flexibility index (Phi) is 3.69. The summed E-state index contributed by atoms with van der Waals surface area (Å²) in [5, 5.41) is 17.7. The summed E-state index contributed by atoms with van der Waals surface area (Å²) in [6.07, 6.45) is 2.30. The summed E-state index contributed by atoms with van der Waals surface area (Å²) in [7, 11) is 0. The van der Waals surface area contributed by atoms with Crippen LogP contribution in [0.15, 0.2) is 0 Å². The second kappa shape index (κ2) is 4.58. The fraction of sp³-hybridized carbons (Fsp3) is 0.889. The van der Waals surface area contributed by atoms with Gasteiger partial charge in [0.2, 0.25) is 0 Å². The van der Waals surface area contributed by atoms with E-state index in [0.29, 0.717) is 12.8 Å². The van der Waals surface area contributed by atoms with Gasteiger partial charge in [0.1, 0.15) is 6.04 Å². The van der Waals surface area contributed by atoms with E-state index in [-0.39, 0.29) is 18.7 Å². The monoisotopic (exact) mass is 187 g/mol. The Morgan fingerprint density at radius 1 is 1.54 bits per heavy atom. The predicted molar refractivity (Wildman–Crippen MR) is 48.5 cm³/mol. The lowest BCUT2D eigenvalue weighted by Gasteiger charge is -2.25. The average molecular weight is 187 g/mol. The van der Waals surface area contributed by atoms with Gasteiger partial charge in [0.05, 0.1) is 0 Å². The molecule has 1 heterocycles. The van der Waals surface area contributed by atoms with Crippen molar-refractivity contribution in [1.29, 1.82) is 0 Å². The van der Waals surface area contributed by atoms with Crippen molar-refractivity contribution in [3.05, 3.63) is 0 Å². The van der Waals surface area contributed by atoms with E-state index in [0.717, 1.165) is 13.0 Å². The van der Waals surface area contributed by atoms with E-state index in [9.17, 15) is 4.79 Å². The van der Waals surface area contributed by atoms with Gasteiger partial charge in [-0.05, 0) is 25.8 Å². The van der Waals surface area contributed by atoms with Crippen molar-refractivity contribution in [2.45, 2.75) is 38.3 Å². The Morgan fingerprint density at radius 2 is 2.23 bits per heavy atom. The Hall–Kier alpha value is -0.610. The van der Waals surface area contributed by atoms with Crippen LogP contribution >= 0.6 is 0 Å². The van der Waals surface area contributed by atoms with Crippen LogP contribution in [0, 0.1) is 0 Å². The van der Waals surface area contributed by atoms with Crippen LogP contribution in [0.4, 0.5) is 0 Å². The van der Waals surface area contributed by atoms with Crippen LogP contribution in [0.5, 0.6) is 0 Å². The number of hydrogen-bond donors (Lipinski definition) is 2. The summed E-state index contributed by atoms with van der Waals surface area (Å²) in [6.45, 7) is 2.86. The lowest BCUT2D eigenvalue weighted by molar-refractivity contribution is -0.142. The van der Waals surface area contributed by atoms with Gasteiger partial charge in [0, 0.05) is 12.6 Å². The van der Waals surface area contributed by atoms with E-state index in [2.05, 4.69) is 0 Å². The third-order valence-corrected chi connectivity index (χ3v) is 2.76. The molecule has 1 aliphatic rings. The van der Waals surface area contributed by atoms with Crippen molar-refractivity contribution < 1.29 is 15.0 Å². The Morgan fingerprint density at radius 3 is 2.69 bits per heavy atom. The molecule has 2 atom stereocenters. The third-order valence-electron chi connectivity index (χ3n) is 2.76. The minimum absolute atomic E-state index is 0.146. The first-order chi connectivity index (χ1) is 6.20. The summed E-state index contributed by atoms with van der Waals surface area (Å²) in [6, 6.07) is -0.0716. The lowest BCUT2D eigenvalue weighted by atomic mass is 10.1. The molecule has 0 saturated carbocycles. The molecule has 1 saturated heterocycles. The summed E-state index contributed by atoms with van der Waals surface area (Å²) in [5.74, 6) is -0.734. The van der Waals surface area contributed by atoms with Crippen LogP contribution in [0.1, 0.15) is 26.2 Å². The maximum Gasteiger partial charge on any atom is 0.320 e. The Labute approximate surface area is 78.2 Å². The lowest BCUT2D eigenvalue weighted by Crippen LogP contribution is -2.40. The molecule has 13 heavy (non-hydrogen) atoms. The van der Waals surface area contributed by atoms with E-state index < -0.39 is 5.97 Å². The van der Waals surface area contributed by atoms with Gasteiger partial charge in [0.25, 0.3) is 0 Å². The van der Waals surface area contributed by atoms with Crippen LogP contribution in [0.3, 0.4) is 0 Å². The minimum atomic E-state index is -0.734. The molecule has 0 aromatic heterocycles. The van der Waals surface area contributed by atoms with Gasteiger partial charge < -0.3 is 10.2 Å². The van der Waals surface area contributed by atoms with Crippen molar-refractivity contribution >= 4 is 5.97 Å². The fourth-order valence-electron chi connectivity index (χ4n) is 2.14. The number of rotatable bonds is 4. The van der Waals surface area contributed by atoms with Crippen molar-refractivity contribution in [2.75, 3.05) is 13.2 Å². The van der Waals surface area contributed by atoms with Crippen molar-refractivity contribution in [3.63, 3.8) is 0 Å². The topological polar surface area (TPSA) is 60.8 Å². The summed E-state index contributed by atoms with van der Waals surface area (Å²) < 4.78 is 0. The van der Waals surface area contributed by atoms with Gasteiger partial charge in [-0.3, -0.25) is 9.69 Å². The third kappa shape index (κ3) is 2.19. The summed E-state index contributed by atoms with van der Waals surface area (Å²) in [5.41, 5.74) is 0. The Balaban J connectivity index is 2.57. The van der Waals surface area contributed by atoms with Crippen LogP contribution in [0.2, 0.25) is 0 Å². The number of carboxylic acids is 1. The van der Waals surface area contributed by atoms with Crippen molar-refractivity contribution in [2.24, 2.45) is 0 Å². The van der Waals surface area contributed by atoms with Crippen LogP contribution in [-0.4, -0.2) is 46.3 Å². The van der Waals surface area contributed by atoms with E-state index in [4.69, 9.17) is 10.2 Å². The molecular formula is C9H17NO3. The molecule has 0 unspecified atom stereocenters. The van der Waals surface area contributed by atoms with Gasteiger partial charge >= 0.3 is 5.97 Å². The summed E-state index contributed by atoms with van der Waals surface area (Å²) in [4.78, 5) is 12.8. The Bertz CT molecular complexity index is 184. The molecule has 0 amide bonds. The molecule has 4 heteroatoms. The molecule has 0 aromatic rings. The molecule has 0 radical (unpaired) electrons. The first kappa shape index (κ1) is 10.5. The van der Waals surface area contributed by atoms with E-state index in [1.807, 2.05) is 11.8 Å². The van der Waals surface area contributed by atoms with Crippen LogP contribution in [-0.2, 0) is 4.79 Å². The number of aliphatic carboxylic acids is 1. The van der Waals surface area contributed by atoms with Gasteiger partial charge in [-0.15, -0.1) is 0 Å². The smallest absolute Gasteiger partial charge is 0.320 e. The molecule has 0 aliphatic carbocycles. The van der Waals surface area contributed by atoms with Crippen LogP contribution < -0.4 is 0 Å². The number of hydrogen-bond acceptors (Lipinski definition) is 3. The number of likely N-dealkylation sites (N-methyl/N-ethyl adjacent to an activating group) is 1. The normalized spacial score (nSPS) is 29.4. The molecule has 0 aromatic carbocycles. The van der Waals surface area contributed by atoms with E-state index in [1.165, 1.54) is 0 Å². The van der Waals surface area contributed by atoms with E-state index in [1.54, 1.807) is 0 Å². The largest absolute Gasteiger partial charge is 0.480 e. The number of likely N-dealkylation sites (tertiary alicyclic amines) is 1. The minimum Gasteiger partial charge on any atom is -0.480 e. The zero-order valence-corrected chi connectivity index (χ0v) is 7.94. The van der Waals surface area contributed by atoms with Crippen LogP contribution in [0.25, 0.3) is 0 Å². The number of carboxylic acid groups (broad SMARTS) is 1. The second-order valence-electron chi connectivity index (χ2n) is 3.43. The second-order valence-corrected chi connectivity index (χ2v) is 3.43. The maximum atomic E-state index is 10.8. The highest BCUT2D eigenvalue weighted by Gasteiger charge is 2.35. The predicted octanol–water partition coefficient (Wildman–Crippen LogP) is 0.306. The standard InChI is InChI=1S/C9H17NO3/c1-2-10-7(5-6-11)3-4-8(10)9(12)13/h7-8,11H,2-6H2,1H3,(H,12,13)/t7-,8-/m0/s1. The van der Waals surface area contributed by atoms with E-state index >= 15 is 0 Å². The summed E-state index contributed by atoms with van der Waals surface area (Å²) >= 11 is 0. The highest BCUT2D eigenvalue weighted by molar-refractivity contribution is 5.73. The zero-order chi connectivity index (χ0) is 9.84. The molecule has 0 bridgehead atoms. The zero-order valence-electron chi connectivity index (χ0n) is 7.94. The van der Waals surface area contributed by atoms with Gasteiger partial charge in [-0.2, -0.15) is 0 Å². The maximum absolute atomic E-state index is 10.8. The number of nitrogens with zero attached hydrogens (tertiary/aromatic N) is 1. The quantitative estimate of drug-likeness (QED) is 0.665. The molecule has 1 rings (SSSR count). The van der Waals surface area contributed by atoms with Gasteiger partial charge in [0.15, 0.2) is 0 Å². The first-order valence-electron chi connectivity index (χ1n) is 4.80. The highest BCUT2D eigenvalue weighted by atomic mass is 16.4. The molecule has 1 fully saturated rings. The average Bonchev–Trinajstić information content (AvgIpc) is 2.48. The highest BCUT2D eigenvalue weighted by Crippen LogP contribution is 2.25. The van der Waals surface area contributed by atoms with Gasteiger partial charge in [-0.1, -0.05) is 6.92 Å². The van der Waals surface area contributed by atoms with Gasteiger partial charge in [-0.25, -0.2) is 0 Å². The number of aliphatic hydroxyl groups excluding tert-OH is 1. The molecule has 4 nitrogen and oxygen atoms in total. The number of aliphatic hydroxyl groups is 1. The molecule has 1 aliphatic heterocycles. The molecule has 2 N–H and O–H groups in total. The first-order valence-corrected chi connectivity index (χ1v) is 4.80. The molecule has 0 spiro atoms. The SMILES string of the molecule is CCN1[C@H](CCO)CC[C@H]1C(=O)O. The fourth-order valence-corrected chi connectivity index (χ4v) is 2.14. The molecular weight excluding hydrogens is 170 g/mol.